The summed E-state index contributed by atoms with van der Waals surface area (Å²) in [4.78, 5) is 22.9. The molecule has 0 aromatic heterocycles. The number of nitrogens with zero attached hydrogens (tertiary/aromatic N) is 1. The van der Waals surface area contributed by atoms with Gasteiger partial charge in [0.2, 0.25) is 0 Å². The average Bonchev–Trinajstić information content (AvgIpc) is 2.52. The van der Waals surface area contributed by atoms with Crippen molar-refractivity contribution in [3.8, 4) is 0 Å². The third kappa shape index (κ3) is 1.99. The second kappa shape index (κ2) is 3.93. The third-order valence-electron chi connectivity index (χ3n) is 1.72. The molecule has 1 unspecified atom stereocenters. The van der Waals surface area contributed by atoms with Crippen molar-refractivity contribution in [1.82, 2.24) is 4.90 Å². The van der Waals surface area contributed by atoms with E-state index in [2.05, 4.69) is 4.74 Å². The highest BCUT2D eigenvalue weighted by Gasteiger charge is 2.31. The number of amides is 1. The van der Waals surface area contributed by atoms with Crippen molar-refractivity contribution in [2.75, 3.05) is 6.61 Å². The average molecular weight is 185 g/mol. The number of ether oxygens (including phenoxy) is 1. The first-order valence-electron chi connectivity index (χ1n) is 4.01. The molecule has 0 radical (unpaired) electrons. The molecule has 72 valence electrons. The number of hydrogen-bond acceptors (Lipinski definition) is 3. The molecule has 1 aliphatic heterocycles. The van der Waals surface area contributed by atoms with E-state index in [1.807, 2.05) is 0 Å². The minimum absolute atomic E-state index is 0.246. The summed E-state index contributed by atoms with van der Waals surface area (Å²) in [5, 5.41) is 8.71. The molecule has 13 heavy (non-hydrogen) atoms. The number of carbonyl (C=O) groups excluding carboxylic acids is 1. The molecule has 0 spiro atoms. The van der Waals surface area contributed by atoms with Crippen LogP contribution in [0.2, 0.25) is 0 Å². The molecule has 1 rings (SSSR count). The van der Waals surface area contributed by atoms with Crippen LogP contribution in [0.4, 0.5) is 4.79 Å². The first-order chi connectivity index (χ1) is 6.16. The van der Waals surface area contributed by atoms with Crippen LogP contribution in [0, 0.1) is 0 Å². The van der Waals surface area contributed by atoms with E-state index in [0.29, 0.717) is 6.42 Å². The maximum absolute atomic E-state index is 11.1. The largest absolute Gasteiger partial charge is 0.480 e. The van der Waals surface area contributed by atoms with Crippen LogP contribution in [-0.4, -0.2) is 34.7 Å². The second-order valence-electron chi connectivity index (χ2n) is 2.58. The van der Waals surface area contributed by atoms with E-state index in [0.717, 1.165) is 4.90 Å². The Hall–Kier alpha value is -1.52. The normalized spacial score (nSPS) is 20.4. The Balaban J connectivity index is 2.62. The lowest BCUT2D eigenvalue weighted by Gasteiger charge is -2.18. The van der Waals surface area contributed by atoms with Gasteiger partial charge >= 0.3 is 12.1 Å². The van der Waals surface area contributed by atoms with E-state index in [1.54, 1.807) is 13.0 Å². The van der Waals surface area contributed by atoms with Crippen LogP contribution >= 0.6 is 0 Å². The smallest absolute Gasteiger partial charge is 0.414 e. The van der Waals surface area contributed by atoms with Crippen LogP contribution in [-0.2, 0) is 9.53 Å². The Labute approximate surface area is 75.6 Å². The van der Waals surface area contributed by atoms with Crippen LogP contribution in [0.15, 0.2) is 12.3 Å². The third-order valence-corrected chi connectivity index (χ3v) is 1.72. The number of carboxylic acid groups (broad SMARTS) is 1. The van der Waals surface area contributed by atoms with Crippen molar-refractivity contribution >= 4 is 12.1 Å². The van der Waals surface area contributed by atoms with E-state index in [4.69, 9.17) is 5.11 Å². The Morgan fingerprint density at radius 2 is 2.38 bits per heavy atom. The van der Waals surface area contributed by atoms with Gasteiger partial charge in [0.05, 0.1) is 6.61 Å². The van der Waals surface area contributed by atoms with E-state index in [-0.39, 0.29) is 6.61 Å². The number of hydrogen-bond donors (Lipinski definition) is 1. The van der Waals surface area contributed by atoms with Gasteiger partial charge in [-0.3, -0.25) is 4.90 Å². The quantitative estimate of drug-likeness (QED) is 0.691. The molecule has 0 aliphatic carbocycles. The summed E-state index contributed by atoms with van der Waals surface area (Å²) in [7, 11) is 0. The van der Waals surface area contributed by atoms with Crippen molar-refractivity contribution in [3.05, 3.63) is 12.3 Å². The second-order valence-corrected chi connectivity index (χ2v) is 2.58. The highest BCUT2D eigenvalue weighted by molar-refractivity contribution is 5.81. The van der Waals surface area contributed by atoms with Crippen LogP contribution in [0.3, 0.4) is 0 Å². The molecule has 5 heteroatoms. The van der Waals surface area contributed by atoms with Crippen molar-refractivity contribution in [3.63, 3.8) is 0 Å². The molecule has 1 N–H and O–H groups in total. The standard InChI is InChI=1S/C8H11NO4/c1-2-13-8(12)9-5-3-4-6(9)7(10)11/h3,5-6H,2,4H2,1H3,(H,10,11). The highest BCUT2D eigenvalue weighted by atomic mass is 16.6. The van der Waals surface area contributed by atoms with E-state index in [1.165, 1.54) is 6.20 Å². The van der Waals surface area contributed by atoms with Crippen LogP contribution in [0.25, 0.3) is 0 Å². The number of rotatable bonds is 2. The van der Waals surface area contributed by atoms with Gasteiger partial charge in [-0.05, 0) is 13.3 Å². The lowest BCUT2D eigenvalue weighted by atomic mass is 10.2. The molecular formula is C8H11NO4. The topological polar surface area (TPSA) is 66.8 Å². The minimum atomic E-state index is -1.02. The molecule has 0 bridgehead atoms. The lowest BCUT2D eigenvalue weighted by molar-refractivity contribution is -0.141. The zero-order valence-electron chi connectivity index (χ0n) is 7.27. The molecule has 0 aromatic rings. The zero-order valence-corrected chi connectivity index (χ0v) is 7.27. The maximum atomic E-state index is 11.1. The fourth-order valence-electron chi connectivity index (χ4n) is 1.13. The van der Waals surface area contributed by atoms with E-state index in [9.17, 15) is 9.59 Å². The molecule has 0 fully saturated rings. The predicted octanol–water partition coefficient (Wildman–Crippen LogP) is 0.816. The minimum Gasteiger partial charge on any atom is -0.480 e. The van der Waals surface area contributed by atoms with Crippen LogP contribution in [0.5, 0.6) is 0 Å². The van der Waals surface area contributed by atoms with Crippen LogP contribution < -0.4 is 0 Å². The molecular weight excluding hydrogens is 174 g/mol. The van der Waals surface area contributed by atoms with Gasteiger partial charge in [-0.15, -0.1) is 0 Å². The fourth-order valence-corrected chi connectivity index (χ4v) is 1.13. The summed E-state index contributed by atoms with van der Waals surface area (Å²) >= 11 is 0. The molecule has 1 heterocycles. The van der Waals surface area contributed by atoms with Crippen molar-refractivity contribution in [1.29, 1.82) is 0 Å². The summed E-state index contributed by atoms with van der Waals surface area (Å²) < 4.78 is 4.68. The lowest BCUT2D eigenvalue weighted by Crippen LogP contribution is -2.38. The van der Waals surface area contributed by atoms with Gasteiger partial charge in [-0.2, -0.15) is 0 Å². The van der Waals surface area contributed by atoms with Gasteiger partial charge in [-0.25, -0.2) is 9.59 Å². The summed E-state index contributed by atoms with van der Waals surface area (Å²) in [6.45, 7) is 1.92. The number of carboxylic acids is 1. The number of aliphatic carboxylic acids is 1. The summed E-state index contributed by atoms with van der Waals surface area (Å²) in [5.41, 5.74) is 0. The van der Waals surface area contributed by atoms with Crippen molar-refractivity contribution in [2.24, 2.45) is 0 Å². The molecule has 5 nitrogen and oxygen atoms in total. The van der Waals surface area contributed by atoms with Crippen molar-refractivity contribution < 1.29 is 19.4 Å². The molecule has 1 aliphatic rings. The summed E-state index contributed by atoms with van der Waals surface area (Å²) in [5.74, 6) is -1.02. The zero-order chi connectivity index (χ0) is 9.84. The maximum Gasteiger partial charge on any atom is 0.414 e. The summed E-state index contributed by atoms with van der Waals surface area (Å²) in [6, 6.07) is -0.806. The van der Waals surface area contributed by atoms with Gasteiger partial charge in [0.1, 0.15) is 6.04 Å². The van der Waals surface area contributed by atoms with Crippen molar-refractivity contribution in [2.45, 2.75) is 19.4 Å². The molecule has 1 amide bonds. The Morgan fingerprint density at radius 1 is 1.69 bits per heavy atom. The molecule has 1 atom stereocenters. The Kier molecular flexibility index (Phi) is 2.89. The Morgan fingerprint density at radius 3 is 2.92 bits per heavy atom. The number of carbonyl (C=O) groups is 2. The molecule has 0 saturated carbocycles. The van der Waals surface area contributed by atoms with Gasteiger partial charge in [0.25, 0.3) is 0 Å². The van der Waals surface area contributed by atoms with Gasteiger partial charge in [0, 0.05) is 6.20 Å². The first kappa shape index (κ1) is 9.57. The molecule has 0 saturated heterocycles. The van der Waals surface area contributed by atoms with Gasteiger partial charge in [0.15, 0.2) is 0 Å². The van der Waals surface area contributed by atoms with E-state index >= 15 is 0 Å². The SMILES string of the molecule is CCOC(=O)N1C=CCC1C(=O)O. The predicted molar refractivity (Wildman–Crippen MR) is 44.0 cm³/mol. The van der Waals surface area contributed by atoms with Crippen LogP contribution in [0.1, 0.15) is 13.3 Å². The van der Waals surface area contributed by atoms with Gasteiger partial charge in [-0.1, -0.05) is 6.08 Å². The van der Waals surface area contributed by atoms with E-state index < -0.39 is 18.1 Å². The fraction of sp³-hybridized carbons (Fsp3) is 0.500. The Bertz CT molecular complexity index is 249. The monoisotopic (exact) mass is 185 g/mol. The summed E-state index contributed by atoms with van der Waals surface area (Å²) in [6.07, 6.45) is 2.81. The van der Waals surface area contributed by atoms with Gasteiger partial charge < -0.3 is 9.84 Å². The highest BCUT2D eigenvalue weighted by Crippen LogP contribution is 2.15. The first-order valence-corrected chi connectivity index (χ1v) is 4.01. The molecule has 0 aromatic carbocycles.